The minimum absolute atomic E-state index is 0.519. The van der Waals surface area contributed by atoms with Crippen LogP contribution in [0.1, 0.15) is 6.92 Å². The molecule has 0 aliphatic carbocycles. The van der Waals surface area contributed by atoms with Crippen molar-refractivity contribution < 1.29 is 8.85 Å². The SMILES string of the molecule is CC1C=CC[Si]12OCCN(C)CCO2. The highest BCUT2D eigenvalue weighted by Crippen LogP contribution is 2.35. The molecule has 80 valence electrons. The first-order valence-electron chi connectivity index (χ1n) is 5.36. The summed E-state index contributed by atoms with van der Waals surface area (Å²) in [7, 11) is 0.241. The molecule has 1 spiro atoms. The Kier molecular flexibility index (Phi) is 3.06. The molecule has 0 saturated carbocycles. The van der Waals surface area contributed by atoms with Gasteiger partial charge in [-0.15, -0.1) is 0 Å². The number of hydrogen-bond acceptors (Lipinski definition) is 3. The highest BCUT2D eigenvalue weighted by Gasteiger charge is 2.45. The van der Waals surface area contributed by atoms with Crippen LogP contribution < -0.4 is 0 Å². The minimum atomic E-state index is -1.87. The van der Waals surface area contributed by atoms with Gasteiger partial charge in [0.05, 0.1) is 0 Å². The van der Waals surface area contributed by atoms with Gasteiger partial charge in [-0.3, -0.25) is 0 Å². The van der Waals surface area contributed by atoms with Crippen LogP contribution in [0.15, 0.2) is 12.2 Å². The van der Waals surface area contributed by atoms with E-state index in [0.717, 1.165) is 32.3 Å². The second-order valence-corrected chi connectivity index (χ2v) is 7.75. The van der Waals surface area contributed by atoms with Gasteiger partial charge < -0.3 is 13.8 Å². The summed E-state index contributed by atoms with van der Waals surface area (Å²) < 4.78 is 12.1. The largest absolute Gasteiger partial charge is 0.392 e. The van der Waals surface area contributed by atoms with E-state index < -0.39 is 8.56 Å². The second-order valence-electron chi connectivity index (χ2n) is 4.23. The van der Waals surface area contributed by atoms with E-state index in [0.29, 0.717) is 5.54 Å². The molecule has 0 N–H and O–H groups in total. The van der Waals surface area contributed by atoms with E-state index >= 15 is 0 Å². The fourth-order valence-corrected chi connectivity index (χ4v) is 5.04. The van der Waals surface area contributed by atoms with Crippen molar-refractivity contribution in [3.05, 3.63) is 12.2 Å². The molecule has 14 heavy (non-hydrogen) atoms. The van der Waals surface area contributed by atoms with Gasteiger partial charge in [0.15, 0.2) is 0 Å². The lowest BCUT2D eigenvalue weighted by atomic mass is 10.4. The number of rotatable bonds is 0. The van der Waals surface area contributed by atoms with E-state index in [-0.39, 0.29) is 0 Å². The lowest BCUT2D eigenvalue weighted by molar-refractivity contribution is 0.105. The van der Waals surface area contributed by atoms with Gasteiger partial charge in [0.25, 0.3) is 0 Å². The smallest absolute Gasteiger partial charge is 0.348 e. The van der Waals surface area contributed by atoms with E-state index in [1.54, 1.807) is 0 Å². The van der Waals surface area contributed by atoms with Crippen LogP contribution in [-0.2, 0) is 8.85 Å². The zero-order valence-corrected chi connectivity index (χ0v) is 10.0. The molecule has 2 aliphatic rings. The highest BCUT2D eigenvalue weighted by molar-refractivity contribution is 6.70. The fraction of sp³-hybridized carbons (Fsp3) is 0.800. The van der Waals surface area contributed by atoms with Crippen LogP contribution in [0.3, 0.4) is 0 Å². The predicted molar refractivity (Wildman–Crippen MR) is 58.5 cm³/mol. The molecule has 0 aromatic rings. The molecule has 0 radical (unpaired) electrons. The van der Waals surface area contributed by atoms with Crippen molar-refractivity contribution in [1.29, 1.82) is 0 Å². The zero-order chi connectivity index (χ0) is 10.0. The lowest BCUT2D eigenvalue weighted by Gasteiger charge is -2.34. The van der Waals surface area contributed by atoms with Crippen molar-refractivity contribution in [3.63, 3.8) is 0 Å². The zero-order valence-electron chi connectivity index (χ0n) is 9.03. The summed E-state index contributed by atoms with van der Waals surface area (Å²) in [5.41, 5.74) is 0.519. The molecule has 1 saturated heterocycles. The number of nitrogens with zero attached hydrogens (tertiary/aromatic N) is 1. The Morgan fingerprint density at radius 3 is 2.43 bits per heavy atom. The summed E-state index contributed by atoms with van der Waals surface area (Å²) in [6.07, 6.45) is 4.47. The number of likely N-dealkylation sites (N-methyl/N-ethyl adjacent to an activating group) is 1. The molecule has 0 aromatic carbocycles. The average Bonchev–Trinajstić information content (AvgIpc) is 2.46. The maximum absolute atomic E-state index is 6.03. The molecule has 3 nitrogen and oxygen atoms in total. The molecule has 1 unspecified atom stereocenters. The van der Waals surface area contributed by atoms with Crippen molar-refractivity contribution in [1.82, 2.24) is 4.90 Å². The van der Waals surface area contributed by atoms with Crippen LogP contribution in [0.4, 0.5) is 0 Å². The Morgan fingerprint density at radius 1 is 1.29 bits per heavy atom. The van der Waals surface area contributed by atoms with Gasteiger partial charge in [-0.25, -0.2) is 0 Å². The summed E-state index contributed by atoms with van der Waals surface area (Å²) in [5.74, 6) is 0. The predicted octanol–water partition coefficient (Wildman–Crippen LogP) is 1.37. The van der Waals surface area contributed by atoms with E-state index in [1.807, 2.05) is 0 Å². The van der Waals surface area contributed by atoms with Gasteiger partial charge in [0.1, 0.15) is 0 Å². The molecular formula is C10H19NO2Si. The minimum Gasteiger partial charge on any atom is -0.392 e. The van der Waals surface area contributed by atoms with Gasteiger partial charge in [-0.1, -0.05) is 19.1 Å². The summed E-state index contributed by atoms with van der Waals surface area (Å²) in [4.78, 5) is 2.26. The molecule has 0 bridgehead atoms. The Hall–Kier alpha value is -0.163. The van der Waals surface area contributed by atoms with Crippen LogP contribution in [-0.4, -0.2) is 46.8 Å². The van der Waals surface area contributed by atoms with Gasteiger partial charge >= 0.3 is 8.56 Å². The number of hydrogen-bond donors (Lipinski definition) is 0. The van der Waals surface area contributed by atoms with Crippen LogP contribution >= 0.6 is 0 Å². The Balaban J connectivity index is 1.99. The maximum Gasteiger partial charge on any atom is 0.348 e. The first kappa shape index (κ1) is 10.4. The molecule has 1 fully saturated rings. The average molecular weight is 213 g/mol. The van der Waals surface area contributed by atoms with Gasteiger partial charge in [0.2, 0.25) is 0 Å². The van der Waals surface area contributed by atoms with Crippen molar-refractivity contribution in [3.8, 4) is 0 Å². The van der Waals surface area contributed by atoms with Crippen molar-refractivity contribution in [2.45, 2.75) is 18.5 Å². The summed E-state index contributed by atoms with van der Waals surface area (Å²) in [6.45, 7) is 5.94. The maximum atomic E-state index is 6.03. The quantitative estimate of drug-likeness (QED) is 0.448. The number of allylic oxidation sites excluding steroid dienone is 2. The van der Waals surface area contributed by atoms with E-state index in [4.69, 9.17) is 8.85 Å². The lowest BCUT2D eigenvalue weighted by Crippen LogP contribution is -2.48. The van der Waals surface area contributed by atoms with Crippen LogP contribution in [0, 0.1) is 0 Å². The fourth-order valence-electron chi connectivity index (χ4n) is 2.05. The molecule has 0 aromatic heterocycles. The standard InChI is InChI=1S/C10H19NO2Si/c1-10-4-3-9-14(10)12-7-5-11(2)6-8-13-14/h3-4,10H,5-9H2,1-2H3. The monoisotopic (exact) mass is 213 g/mol. The molecule has 4 heteroatoms. The summed E-state index contributed by atoms with van der Waals surface area (Å²) in [5, 5.41) is 0. The molecule has 1 atom stereocenters. The normalized spacial score (nSPS) is 33.1. The molecule has 0 amide bonds. The van der Waals surface area contributed by atoms with Crippen molar-refractivity contribution >= 4 is 8.56 Å². The van der Waals surface area contributed by atoms with E-state index in [9.17, 15) is 0 Å². The van der Waals surface area contributed by atoms with Gasteiger partial charge in [-0.05, 0) is 7.05 Å². The molecule has 2 heterocycles. The van der Waals surface area contributed by atoms with E-state index in [2.05, 4.69) is 31.0 Å². The molecule has 2 rings (SSSR count). The third-order valence-electron chi connectivity index (χ3n) is 3.16. The Morgan fingerprint density at radius 2 is 1.93 bits per heavy atom. The van der Waals surface area contributed by atoms with Crippen molar-refractivity contribution in [2.24, 2.45) is 0 Å². The molecular weight excluding hydrogens is 194 g/mol. The van der Waals surface area contributed by atoms with E-state index in [1.165, 1.54) is 0 Å². The molecule has 2 aliphatic heterocycles. The highest BCUT2D eigenvalue weighted by atomic mass is 28.4. The summed E-state index contributed by atoms with van der Waals surface area (Å²) in [6, 6.07) is 1.04. The van der Waals surface area contributed by atoms with Gasteiger partial charge in [-0.2, -0.15) is 0 Å². The first-order chi connectivity index (χ1) is 6.73. The topological polar surface area (TPSA) is 21.7 Å². The van der Waals surface area contributed by atoms with Crippen LogP contribution in [0.2, 0.25) is 11.6 Å². The van der Waals surface area contributed by atoms with Crippen LogP contribution in [0.25, 0.3) is 0 Å². The third kappa shape index (κ3) is 1.93. The van der Waals surface area contributed by atoms with Crippen molar-refractivity contribution in [2.75, 3.05) is 33.4 Å². The summed E-state index contributed by atoms with van der Waals surface area (Å²) >= 11 is 0. The van der Waals surface area contributed by atoms with Crippen LogP contribution in [0.5, 0.6) is 0 Å². The Labute approximate surface area is 86.9 Å². The first-order valence-corrected chi connectivity index (χ1v) is 7.46. The van der Waals surface area contributed by atoms with Gasteiger partial charge in [0, 0.05) is 37.9 Å². The Bertz CT molecular complexity index is 222. The second kappa shape index (κ2) is 4.14. The third-order valence-corrected chi connectivity index (χ3v) is 6.93.